The molecule has 0 spiro atoms. The Morgan fingerprint density at radius 2 is 2.00 bits per heavy atom. The Labute approximate surface area is 131 Å². The molecule has 0 fully saturated rings. The van der Waals surface area contributed by atoms with Gasteiger partial charge >= 0.3 is 5.97 Å². The minimum atomic E-state index is -1.05. The van der Waals surface area contributed by atoms with Crippen LogP contribution in [0.5, 0.6) is 0 Å². The topological polar surface area (TPSA) is 66.4 Å². The summed E-state index contributed by atoms with van der Waals surface area (Å²) in [6.45, 7) is 4.05. The Hall–Kier alpha value is -1.01. The fourth-order valence-corrected chi connectivity index (χ4v) is 2.93. The Morgan fingerprint density at radius 3 is 2.60 bits per heavy atom. The minimum Gasteiger partial charge on any atom is -0.478 e. The number of benzene rings is 1. The van der Waals surface area contributed by atoms with Gasteiger partial charge in [0.2, 0.25) is 0 Å². The van der Waals surface area contributed by atoms with Crippen LogP contribution in [0.3, 0.4) is 0 Å². The maximum atomic E-state index is 12.1. The van der Waals surface area contributed by atoms with E-state index in [1.54, 1.807) is 6.07 Å². The Balaban J connectivity index is 2.69. The van der Waals surface area contributed by atoms with E-state index in [4.69, 9.17) is 5.11 Å². The molecule has 0 saturated carbocycles. The average molecular weight is 360 g/mol. The van der Waals surface area contributed by atoms with Crippen molar-refractivity contribution in [2.45, 2.75) is 26.3 Å². The number of rotatable bonds is 7. The van der Waals surface area contributed by atoms with Gasteiger partial charge in [0.1, 0.15) is 0 Å². The Kier molecular flexibility index (Phi) is 7.09. The molecular formula is C14H18BrNO3S. The fraction of sp³-hybridized carbons (Fsp3) is 0.429. The molecule has 0 radical (unpaired) electrons. The summed E-state index contributed by atoms with van der Waals surface area (Å²) < 4.78 is 0.580. The highest BCUT2D eigenvalue weighted by Gasteiger charge is 2.13. The molecule has 6 heteroatoms. The molecule has 1 amide bonds. The van der Waals surface area contributed by atoms with Crippen molar-refractivity contribution in [1.82, 2.24) is 5.32 Å². The van der Waals surface area contributed by atoms with E-state index in [0.717, 1.165) is 17.9 Å². The molecule has 1 aromatic rings. The molecule has 1 rings (SSSR count). The number of carboxylic acids is 1. The largest absolute Gasteiger partial charge is 0.478 e. The van der Waals surface area contributed by atoms with Crippen LogP contribution in [0.1, 0.15) is 41.0 Å². The molecule has 4 nitrogen and oxygen atoms in total. The van der Waals surface area contributed by atoms with Crippen LogP contribution in [0.15, 0.2) is 22.7 Å². The maximum Gasteiger partial charge on any atom is 0.335 e. The predicted octanol–water partition coefficient (Wildman–Crippen LogP) is 3.41. The summed E-state index contributed by atoms with van der Waals surface area (Å²) >= 11 is 5.05. The second kappa shape index (κ2) is 8.32. The molecule has 20 heavy (non-hydrogen) atoms. The van der Waals surface area contributed by atoms with Gasteiger partial charge in [0.05, 0.1) is 5.56 Å². The predicted molar refractivity (Wildman–Crippen MR) is 85.6 cm³/mol. The van der Waals surface area contributed by atoms with Crippen LogP contribution in [0.2, 0.25) is 0 Å². The van der Waals surface area contributed by atoms with Gasteiger partial charge in [-0.3, -0.25) is 4.79 Å². The molecule has 0 aliphatic heterocycles. The standard InChI is InChI=1S/C14H18BrNO3S/c1-3-20-5-4-9(2)16-13(17)10-6-11(14(18)19)8-12(15)7-10/h6-9H,3-5H2,1-2H3,(H,16,17)(H,18,19). The van der Waals surface area contributed by atoms with E-state index in [9.17, 15) is 9.59 Å². The zero-order valence-electron chi connectivity index (χ0n) is 11.5. The summed E-state index contributed by atoms with van der Waals surface area (Å²) in [7, 11) is 0. The van der Waals surface area contributed by atoms with Crippen molar-refractivity contribution in [1.29, 1.82) is 0 Å². The summed E-state index contributed by atoms with van der Waals surface area (Å²) in [5, 5.41) is 11.9. The van der Waals surface area contributed by atoms with E-state index in [2.05, 4.69) is 28.2 Å². The quantitative estimate of drug-likeness (QED) is 0.732. The number of hydrogen-bond donors (Lipinski definition) is 2. The van der Waals surface area contributed by atoms with Gasteiger partial charge in [0.15, 0.2) is 0 Å². The van der Waals surface area contributed by atoms with E-state index in [-0.39, 0.29) is 17.5 Å². The number of amides is 1. The van der Waals surface area contributed by atoms with Crippen molar-refractivity contribution >= 4 is 39.6 Å². The lowest BCUT2D eigenvalue weighted by Gasteiger charge is -2.14. The van der Waals surface area contributed by atoms with Crippen LogP contribution in [0.4, 0.5) is 0 Å². The zero-order chi connectivity index (χ0) is 15.1. The van der Waals surface area contributed by atoms with E-state index < -0.39 is 5.97 Å². The number of halogens is 1. The summed E-state index contributed by atoms with van der Waals surface area (Å²) in [4.78, 5) is 23.1. The third-order valence-corrected chi connectivity index (χ3v) is 4.07. The monoisotopic (exact) mass is 359 g/mol. The second-order valence-electron chi connectivity index (χ2n) is 4.39. The van der Waals surface area contributed by atoms with Crippen molar-refractivity contribution in [2.75, 3.05) is 11.5 Å². The van der Waals surface area contributed by atoms with Crippen LogP contribution >= 0.6 is 27.7 Å². The first kappa shape index (κ1) is 17.0. The van der Waals surface area contributed by atoms with E-state index >= 15 is 0 Å². The zero-order valence-corrected chi connectivity index (χ0v) is 13.9. The van der Waals surface area contributed by atoms with Crippen molar-refractivity contribution in [3.05, 3.63) is 33.8 Å². The van der Waals surface area contributed by atoms with Crippen LogP contribution in [-0.4, -0.2) is 34.5 Å². The molecule has 0 bridgehead atoms. The molecular weight excluding hydrogens is 342 g/mol. The molecule has 1 aromatic carbocycles. The van der Waals surface area contributed by atoms with Crippen LogP contribution in [0, 0.1) is 0 Å². The maximum absolute atomic E-state index is 12.1. The number of thioether (sulfide) groups is 1. The lowest BCUT2D eigenvalue weighted by Crippen LogP contribution is -2.33. The van der Waals surface area contributed by atoms with Gasteiger partial charge in [-0.2, -0.15) is 11.8 Å². The number of nitrogens with one attached hydrogen (secondary N) is 1. The smallest absolute Gasteiger partial charge is 0.335 e. The molecule has 1 atom stereocenters. The van der Waals surface area contributed by atoms with Gasteiger partial charge in [0.25, 0.3) is 5.91 Å². The normalized spacial score (nSPS) is 11.9. The molecule has 0 aliphatic rings. The number of carbonyl (C=O) groups is 2. The third kappa shape index (κ3) is 5.54. The minimum absolute atomic E-state index is 0.0637. The molecule has 0 aliphatic carbocycles. The van der Waals surface area contributed by atoms with Gasteiger partial charge in [-0.05, 0) is 43.0 Å². The molecule has 1 unspecified atom stereocenters. The van der Waals surface area contributed by atoms with E-state index in [0.29, 0.717) is 10.0 Å². The number of aromatic carboxylic acids is 1. The van der Waals surface area contributed by atoms with Crippen molar-refractivity contribution < 1.29 is 14.7 Å². The first-order valence-corrected chi connectivity index (χ1v) is 8.31. The lowest BCUT2D eigenvalue weighted by atomic mass is 10.1. The van der Waals surface area contributed by atoms with Crippen LogP contribution in [-0.2, 0) is 0 Å². The van der Waals surface area contributed by atoms with Gasteiger partial charge in [0, 0.05) is 16.1 Å². The highest BCUT2D eigenvalue weighted by Crippen LogP contribution is 2.16. The molecule has 110 valence electrons. The first-order valence-electron chi connectivity index (χ1n) is 6.36. The molecule has 2 N–H and O–H groups in total. The molecule has 0 heterocycles. The summed E-state index contributed by atoms with van der Waals surface area (Å²) in [5.74, 6) is 0.765. The van der Waals surface area contributed by atoms with Gasteiger partial charge in [-0.15, -0.1) is 0 Å². The summed E-state index contributed by atoms with van der Waals surface area (Å²) in [5.41, 5.74) is 0.450. The lowest BCUT2D eigenvalue weighted by molar-refractivity contribution is 0.0697. The number of carboxylic acid groups (broad SMARTS) is 1. The van der Waals surface area contributed by atoms with E-state index in [1.165, 1.54) is 12.1 Å². The SMILES string of the molecule is CCSCCC(C)NC(=O)c1cc(Br)cc(C(=O)O)c1. The summed E-state index contributed by atoms with van der Waals surface area (Å²) in [6, 6.07) is 4.54. The fourth-order valence-electron chi connectivity index (χ4n) is 1.63. The second-order valence-corrected chi connectivity index (χ2v) is 6.70. The Bertz CT molecular complexity index is 493. The van der Waals surface area contributed by atoms with E-state index in [1.807, 2.05) is 18.7 Å². The van der Waals surface area contributed by atoms with Crippen molar-refractivity contribution in [2.24, 2.45) is 0 Å². The van der Waals surface area contributed by atoms with Crippen LogP contribution < -0.4 is 5.32 Å². The van der Waals surface area contributed by atoms with Gasteiger partial charge in [-0.1, -0.05) is 22.9 Å². The highest BCUT2D eigenvalue weighted by molar-refractivity contribution is 9.10. The van der Waals surface area contributed by atoms with Crippen LogP contribution in [0.25, 0.3) is 0 Å². The Morgan fingerprint density at radius 1 is 1.35 bits per heavy atom. The average Bonchev–Trinajstić information content (AvgIpc) is 2.38. The third-order valence-electron chi connectivity index (χ3n) is 2.68. The van der Waals surface area contributed by atoms with Crippen molar-refractivity contribution in [3.63, 3.8) is 0 Å². The van der Waals surface area contributed by atoms with Gasteiger partial charge in [-0.25, -0.2) is 4.79 Å². The van der Waals surface area contributed by atoms with Gasteiger partial charge < -0.3 is 10.4 Å². The molecule has 0 aromatic heterocycles. The van der Waals surface area contributed by atoms with Crippen molar-refractivity contribution in [3.8, 4) is 0 Å². The molecule has 0 saturated heterocycles. The number of carbonyl (C=O) groups excluding carboxylic acids is 1. The first-order chi connectivity index (χ1) is 9.43. The highest BCUT2D eigenvalue weighted by atomic mass is 79.9. The number of hydrogen-bond acceptors (Lipinski definition) is 3. The summed E-state index contributed by atoms with van der Waals surface area (Å²) in [6.07, 6.45) is 0.893.